The summed E-state index contributed by atoms with van der Waals surface area (Å²) >= 11 is 0. The highest BCUT2D eigenvalue weighted by atomic mass is 16.2. The summed E-state index contributed by atoms with van der Waals surface area (Å²) in [6, 6.07) is 7.90. The lowest BCUT2D eigenvalue weighted by Crippen LogP contribution is -2.45. The maximum atomic E-state index is 11.7. The minimum atomic E-state index is -0.328. The van der Waals surface area contributed by atoms with Gasteiger partial charge in [0.05, 0.1) is 0 Å². The first-order valence-electron chi connectivity index (χ1n) is 6.34. The maximum absolute atomic E-state index is 11.7. The molecule has 0 bridgehead atoms. The molecule has 0 heterocycles. The molecule has 1 aliphatic carbocycles. The van der Waals surface area contributed by atoms with E-state index in [4.69, 9.17) is 5.73 Å². The number of benzene rings is 1. The Morgan fingerprint density at radius 3 is 2.47 bits per heavy atom. The highest BCUT2D eigenvalue weighted by molar-refractivity contribution is 5.92. The fraction of sp³-hybridized carbons (Fsp3) is 0.500. The minimum absolute atomic E-state index is 0.280. The summed E-state index contributed by atoms with van der Waals surface area (Å²) in [6.45, 7) is 2.02. The van der Waals surface area contributed by atoms with Gasteiger partial charge in [-0.2, -0.15) is 0 Å². The Kier molecular flexibility index (Phi) is 3.67. The number of carbonyl (C=O) groups excluding carboxylic acids is 1. The van der Waals surface area contributed by atoms with Crippen LogP contribution in [0.5, 0.6) is 0 Å². The van der Waals surface area contributed by atoms with E-state index in [9.17, 15) is 4.79 Å². The number of hydrogen-bond donors (Lipinski definition) is 1. The third-order valence-corrected chi connectivity index (χ3v) is 3.55. The van der Waals surface area contributed by atoms with Crippen molar-refractivity contribution in [2.45, 2.75) is 45.1 Å². The van der Waals surface area contributed by atoms with Gasteiger partial charge in [-0.3, -0.25) is 4.90 Å². The van der Waals surface area contributed by atoms with E-state index in [1.165, 1.54) is 19.3 Å². The van der Waals surface area contributed by atoms with Crippen molar-refractivity contribution in [3.05, 3.63) is 29.8 Å². The van der Waals surface area contributed by atoms with Gasteiger partial charge in [-0.05, 0) is 31.4 Å². The predicted molar refractivity (Wildman–Crippen MR) is 70.1 cm³/mol. The number of aryl methyl sites for hydroxylation is 1. The van der Waals surface area contributed by atoms with Gasteiger partial charge in [0.15, 0.2) is 0 Å². The summed E-state index contributed by atoms with van der Waals surface area (Å²) in [6.07, 6.45) is 5.80. The molecule has 0 atom stereocenters. The zero-order valence-corrected chi connectivity index (χ0v) is 10.4. The Labute approximate surface area is 103 Å². The number of urea groups is 1. The zero-order chi connectivity index (χ0) is 12.3. The van der Waals surface area contributed by atoms with Crippen molar-refractivity contribution in [1.82, 2.24) is 0 Å². The molecule has 1 aliphatic rings. The van der Waals surface area contributed by atoms with Crippen LogP contribution in [-0.2, 0) is 0 Å². The van der Waals surface area contributed by atoms with Crippen LogP contribution in [0.2, 0.25) is 0 Å². The molecule has 17 heavy (non-hydrogen) atoms. The summed E-state index contributed by atoms with van der Waals surface area (Å²) in [4.78, 5) is 13.5. The first-order chi connectivity index (χ1) is 8.20. The highest BCUT2D eigenvalue weighted by Gasteiger charge is 2.25. The van der Waals surface area contributed by atoms with E-state index in [1.54, 1.807) is 4.90 Å². The fourth-order valence-electron chi connectivity index (χ4n) is 2.67. The molecule has 92 valence electrons. The largest absolute Gasteiger partial charge is 0.351 e. The van der Waals surface area contributed by atoms with Gasteiger partial charge in [-0.25, -0.2) is 4.79 Å². The number of amides is 2. The summed E-state index contributed by atoms with van der Waals surface area (Å²) in [7, 11) is 0. The Morgan fingerprint density at radius 1 is 1.24 bits per heavy atom. The quantitative estimate of drug-likeness (QED) is 0.836. The number of nitrogens with two attached hydrogens (primary N) is 1. The molecular formula is C14H20N2O. The lowest BCUT2D eigenvalue weighted by molar-refractivity contribution is 0.249. The van der Waals surface area contributed by atoms with E-state index >= 15 is 0 Å². The Bertz CT molecular complexity index is 397. The van der Waals surface area contributed by atoms with Gasteiger partial charge >= 0.3 is 6.03 Å². The molecule has 3 heteroatoms. The van der Waals surface area contributed by atoms with Crippen LogP contribution in [0.3, 0.4) is 0 Å². The molecule has 1 aromatic rings. The zero-order valence-electron chi connectivity index (χ0n) is 10.4. The second-order valence-electron chi connectivity index (χ2n) is 4.79. The highest BCUT2D eigenvalue weighted by Crippen LogP contribution is 2.29. The van der Waals surface area contributed by atoms with Gasteiger partial charge in [-0.1, -0.05) is 37.5 Å². The normalized spacial score (nSPS) is 16.8. The second-order valence-corrected chi connectivity index (χ2v) is 4.79. The molecule has 2 rings (SSSR count). The molecule has 0 aliphatic heterocycles. The van der Waals surface area contributed by atoms with Crippen molar-refractivity contribution in [3.63, 3.8) is 0 Å². The van der Waals surface area contributed by atoms with E-state index in [1.807, 2.05) is 31.2 Å². The molecule has 1 fully saturated rings. The van der Waals surface area contributed by atoms with Crippen LogP contribution in [0.25, 0.3) is 0 Å². The monoisotopic (exact) mass is 232 g/mol. The Balaban J connectivity index is 2.28. The number of nitrogens with zero attached hydrogens (tertiary/aromatic N) is 1. The van der Waals surface area contributed by atoms with Crippen molar-refractivity contribution < 1.29 is 4.79 Å². The molecule has 0 aromatic heterocycles. The SMILES string of the molecule is Cc1ccccc1N(C(N)=O)C1CCCCC1. The lowest BCUT2D eigenvalue weighted by atomic mass is 9.93. The van der Waals surface area contributed by atoms with Crippen molar-refractivity contribution in [3.8, 4) is 0 Å². The van der Waals surface area contributed by atoms with Gasteiger partial charge < -0.3 is 5.73 Å². The second kappa shape index (κ2) is 5.21. The van der Waals surface area contributed by atoms with Crippen molar-refractivity contribution in [1.29, 1.82) is 0 Å². The van der Waals surface area contributed by atoms with E-state index in [2.05, 4.69) is 0 Å². The van der Waals surface area contributed by atoms with Crippen molar-refractivity contribution in [2.75, 3.05) is 4.90 Å². The number of para-hydroxylation sites is 1. The molecule has 2 amide bonds. The Hall–Kier alpha value is -1.51. The van der Waals surface area contributed by atoms with E-state index in [0.29, 0.717) is 0 Å². The molecule has 0 radical (unpaired) electrons. The van der Waals surface area contributed by atoms with Crippen LogP contribution in [0.4, 0.5) is 10.5 Å². The fourth-order valence-corrected chi connectivity index (χ4v) is 2.67. The third kappa shape index (κ3) is 2.60. The van der Waals surface area contributed by atoms with Crippen molar-refractivity contribution >= 4 is 11.7 Å². The summed E-state index contributed by atoms with van der Waals surface area (Å²) in [5.41, 5.74) is 7.63. The summed E-state index contributed by atoms with van der Waals surface area (Å²) in [5.74, 6) is 0. The van der Waals surface area contributed by atoms with Gasteiger partial charge in [0, 0.05) is 11.7 Å². The molecule has 0 saturated heterocycles. The first kappa shape index (κ1) is 12.0. The first-order valence-corrected chi connectivity index (χ1v) is 6.34. The molecule has 1 aromatic carbocycles. The van der Waals surface area contributed by atoms with Crippen LogP contribution in [-0.4, -0.2) is 12.1 Å². The third-order valence-electron chi connectivity index (χ3n) is 3.55. The topological polar surface area (TPSA) is 46.3 Å². The summed E-state index contributed by atoms with van der Waals surface area (Å²) in [5, 5.41) is 0. The lowest BCUT2D eigenvalue weighted by Gasteiger charge is -2.34. The number of anilines is 1. The van der Waals surface area contributed by atoms with E-state index in [-0.39, 0.29) is 12.1 Å². The minimum Gasteiger partial charge on any atom is -0.351 e. The number of carbonyl (C=O) groups is 1. The van der Waals surface area contributed by atoms with Crippen molar-refractivity contribution in [2.24, 2.45) is 5.73 Å². The molecule has 0 spiro atoms. The van der Waals surface area contributed by atoms with E-state index < -0.39 is 0 Å². The van der Waals surface area contributed by atoms with Gasteiger partial charge in [-0.15, -0.1) is 0 Å². The average Bonchev–Trinajstić information content (AvgIpc) is 2.33. The van der Waals surface area contributed by atoms with Gasteiger partial charge in [0.2, 0.25) is 0 Å². The number of rotatable bonds is 2. The smallest absolute Gasteiger partial charge is 0.319 e. The average molecular weight is 232 g/mol. The molecular weight excluding hydrogens is 212 g/mol. The maximum Gasteiger partial charge on any atom is 0.319 e. The Morgan fingerprint density at radius 2 is 1.88 bits per heavy atom. The molecule has 3 nitrogen and oxygen atoms in total. The number of hydrogen-bond acceptors (Lipinski definition) is 1. The molecule has 0 unspecified atom stereocenters. The molecule has 1 saturated carbocycles. The van der Waals surface area contributed by atoms with E-state index in [0.717, 1.165) is 24.1 Å². The molecule has 2 N–H and O–H groups in total. The standard InChI is InChI=1S/C14H20N2O/c1-11-7-5-6-10-13(11)16(14(15)17)12-8-3-2-4-9-12/h5-7,10,12H,2-4,8-9H2,1H3,(H2,15,17). The van der Waals surface area contributed by atoms with Crippen LogP contribution in [0.15, 0.2) is 24.3 Å². The van der Waals surface area contributed by atoms with Gasteiger partial charge in [0.25, 0.3) is 0 Å². The number of primary amides is 1. The van der Waals surface area contributed by atoms with Crippen LogP contribution >= 0.6 is 0 Å². The van der Waals surface area contributed by atoms with Gasteiger partial charge in [0.1, 0.15) is 0 Å². The van der Waals surface area contributed by atoms with Crippen LogP contribution < -0.4 is 10.6 Å². The van der Waals surface area contributed by atoms with Crippen LogP contribution in [0.1, 0.15) is 37.7 Å². The predicted octanol–water partition coefficient (Wildman–Crippen LogP) is 3.21. The van der Waals surface area contributed by atoms with Crippen LogP contribution in [0, 0.1) is 6.92 Å². The summed E-state index contributed by atoms with van der Waals surface area (Å²) < 4.78 is 0.